The van der Waals surface area contributed by atoms with Gasteiger partial charge in [0.2, 0.25) is 0 Å². The van der Waals surface area contributed by atoms with E-state index in [9.17, 15) is 9.59 Å². The molecule has 0 fully saturated rings. The van der Waals surface area contributed by atoms with Gasteiger partial charge in [0.25, 0.3) is 5.56 Å². The second kappa shape index (κ2) is 10.7. The fourth-order valence-electron chi connectivity index (χ4n) is 2.92. The van der Waals surface area contributed by atoms with Gasteiger partial charge in [0.1, 0.15) is 5.82 Å². The molecule has 1 aromatic heterocycles. The number of halogens is 2. The molecule has 3 aromatic rings. The fourth-order valence-corrected chi connectivity index (χ4v) is 3.86. The van der Waals surface area contributed by atoms with Crippen molar-refractivity contribution >= 4 is 54.9 Å². The molecule has 0 unspecified atom stereocenters. The SMILES string of the molecule is CCOc1cc(C=Nn2c(CC)nc3ccc(Br)cc3c2=O)cc(Br)c1OCC(=O)OC. The summed E-state index contributed by atoms with van der Waals surface area (Å²) in [5, 5.41) is 4.87. The molecule has 2 aromatic carbocycles. The van der Waals surface area contributed by atoms with E-state index >= 15 is 0 Å². The number of carbonyl (C=O) groups excluding carboxylic acids is 1. The predicted molar refractivity (Wildman–Crippen MR) is 129 cm³/mol. The first kappa shape index (κ1) is 23.9. The zero-order chi connectivity index (χ0) is 23.3. The van der Waals surface area contributed by atoms with Crippen LogP contribution >= 0.6 is 31.9 Å². The van der Waals surface area contributed by atoms with Crippen LogP contribution in [0.15, 0.2) is 49.2 Å². The second-order valence-electron chi connectivity index (χ2n) is 6.53. The molecule has 8 nitrogen and oxygen atoms in total. The average Bonchev–Trinajstić information content (AvgIpc) is 2.78. The van der Waals surface area contributed by atoms with Gasteiger partial charge in [-0.3, -0.25) is 4.79 Å². The van der Waals surface area contributed by atoms with Gasteiger partial charge in [-0.15, -0.1) is 0 Å². The van der Waals surface area contributed by atoms with E-state index in [1.54, 1.807) is 30.5 Å². The van der Waals surface area contributed by atoms with Crippen LogP contribution < -0.4 is 15.0 Å². The molecule has 0 atom stereocenters. The zero-order valence-corrected chi connectivity index (χ0v) is 20.9. The van der Waals surface area contributed by atoms with Crippen molar-refractivity contribution in [2.24, 2.45) is 5.10 Å². The van der Waals surface area contributed by atoms with E-state index in [0.29, 0.717) is 51.3 Å². The highest BCUT2D eigenvalue weighted by Gasteiger charge is 2.14. The number of aryl methyl sites for hydroxylation is 1. The number of rotatable bonds is 8. The maximum Gasteiger partial charge on any atom is 0.343 e. The molecule has 0 aliphatic rings. The van der Waals surface area contributed by atoms with Crippen LogP contribution in [-0.2, 0) is 16.0 Å². The summed E-state index contributed by atoms with van der Waals surface area (Å²) in [4.78, 5) is 29.0. The van der Waals surface area contributed by atoms with Crippen LogP contribution in [-0.4, -0.2) is 42.2 Å². The number of fused-ring (bicyclic) bond motifs is 1. The number of aromatic nitrogens is 2. The minimum atomic E-state index is -0.508. The lowest BCUT2D eigenvalue weighted by Crippen LogP contribution is -2.22. The number of esters is 1. The van der Waals surface area contributed by atoms with Crippen LogP contribution in [0.3, 0.4) is 0 Å². The molecule has 0 radical (unpaired) electrons. The minimum absolute atomic E-state index is 0.254. The Bertz CT molecular complexity index is 1240. The van der Waals surface area contributed by atoms with Crippen molar-refractivity contribution < 1.29 is 19.0 Å². The van der Waals surface area contributed by atoms with E-state index in [1.807, 2.05) is 19.9 Å². The summed E-state index contributed by atoms with van der Waals surface area (Å²) in [6, 6.07) is 8.84. The van der Waals surface area contributed by atoms with E-state index in [4.69, 9.17) is 9.47 Å². The Morgan fingerprint density at radius 2 is 1.97 bits per heavy atom. The lowest BCUT2D eigenvalue weighted by Gasteiger charge is -2.14. The maximum atomic E-state index is 13.0. The summed E-state index contributed by atoms with van der Waals surface area (Å²) in [5.41, 5.74) is 1.02. The van der Waals surface area contributed by atoms with Crippen molar-refractivity contribution in [1.82, 2.24) is 9.66 Å². The van der Waals surface area contributed by atoms with Gasteiger partial charge in [0.15, 0.2) is 18.1 Å². The van der Waals surface area contributed by atoms with Crippen molar-refractivity contribution in [2.75, 3.05) is 20.3 Å². The highest BCUT2D eigenvalue weighted by molar-refractivity contribution is 9.10. The van der Waals surface area contributed by atoms with Gasteiger partial charge < -0.3 is 14.2 Å². The van der Waals surface area contributed by atoms with E-state index in [1.165, 1.54) is 11.8 Å². The van der Waals surface area contributed by atoms with E-state index in [-0.39, 0.29) is 12.2 Å². The Morgan fingerprint density at radius 3 is 2.66 bits per heavy atom. The second-order valence-corrected chi connectivity index (χ2v) is 8.30. The molecule has 0 saturated carbocycles. The molecule has 0 amide bonds. The van der Waals surface area contributed by atoms with E-state index < -0.39 is 5.97 Å². The van der Waals surface area contributed by atoms with Crippen LogP contribution in [0.25, 0.3) is 10.9 Å². The minimum Gasteiger partial charge on any atom is -0.490 e. The third-order valence-electron chi connectivity index (χ3n) is 4.41. The summed E-state index contributed by atoms with van der Waals surface area (Å²) in [6.45, 7) is 3.89. The normalized spacial score (nSPS) is 11.2. The highest BCUT2D eigenvalue weighted by atomic mass is 79.9. The van der Waals surface area contributed by atoms with Gasteiger partial charge >= 0.3 is 5.97 Å². The molecule has 0 spiro atoms. The standard InChI is InChI=1S/C22H21Br2N3O5/c1-4-19-26-17-7-6-14(23)10-15(17)22(29)27(19)25-11-13-8-16(24)21(18(9-13)31-5-2)32-12-20(28)30-3/h6-11H,4-5,12H2,1-3H3. The van der Waals surface area contributed by atoms with Gasteiger partial charge in [-0.1, -0.05) is 22.9 Å². The molecule has 1 heterocycles. The molecule has 3 rings (SSSR count). The topological polar surface area (TPSA) is 92.0 Å². The summed E-state index contributed by atoms with van der Waals surface area (Å²) in [5.74, 6) is 0.837. The molecule has 10 heteroatoms. The zero-order valence-electron chi connectivity index (χ0n) is 17.7. The number of benzene rings is 2. The first-order valence-electron chi connectivity index (χ1n) is 9.79. The molecule has 0 aliphatic heterocycles. The highest BCUT2D eigenvalue weighted by Crippen LogP contribution is 2.36. The Morgan fingerprint density at radius 1 is 1.19 bits per heavy atom. The summed E-state index contributed by atoms with van der Waals surface area (Å²) in [6.07, 6.45) is 2.08. The largest absolute Gasteiger partial charge is 0.490 e. The monoisotopic (exact) mass is 565 g/mol. The number of hydrogen-bond acceptors (Lipinski definition) is 7. The van der Waals surface area contributed by atoms with Crippen molar-refractivity contribution in [2.45, 2.75) is 20.3 Å². The Balaban J connectivity index is 2.02. The molecule has 0 N–H and O–H groups in total. The first-order chi connectivity index (χ1) is 15.4. The summed E-state index contributed by atoms with van der Waals surface area (Å²) in [7, 11) is 1.29. The number of methoxy groups -OCH3 is 1. The third kappa shape index (κ3) is 5.36. The van der Waals surface area contributed by atoms with Crippen molar-refractivity contribution in [3.8, 4) is 11.5 Å². The third-order valence-corrected chi connectivity index (χ3v) is 5.49. The molecular formula is C22H21Br2N3O5. The van der Waals surface area contributed by atoms with Crippen molar-refractivity contribution in [1.29, 1.82) is 0 Å². The number of ether oxygens (including phenoxy) is 3. The number of hydrogen-bond donors (Lipinski definition) is 0. The Kier molecular flexibility index (Phi) is 8.03. The van der Waals surface area contributed by atoms with Crippen LogP contribution in [0.2, 0.25) is 0 Å². The summed E-state index contributed by atoms with van der Waals surface area (Å²) >= 11 is 6.84. The molecular weight excluding hydrogens is 546 g/mol. The molecule has 168 valence electrons. The van der Waals surface area contributed by atoms with Crippen molar-refractivity contribution in [3.63, 3.8) is 0 Å². The van der Waals surface area contributed by atoms with Gasteiger partial charge in [-0.2, -0.15) is 9.78 Å². The van der Waals surface area contributed by atoms with Crippen LogP contribution in [0.1, 0.15) is 25.2 Å². The number of carbonyl (C=O) groups is 1. The van der Waals surface area contributed by atoms with Crippen LogP contribution in [0, 0.1) is 0 Å². The van der Waals surface area contributed by atoms with Gasteiger partial charge in [0.05, 0.1) is 35.3 Å². The van der Waals surface area contributed by atoms with Gasteiger partial charge in [-0.25, -0.2) is 9.78 Å². The fraction of sp³-hybridized carbons (Fsp3) is 0.273. The predicted octanol–water partition coefficient (Wildman–Crippen LogP) is 4.32. The molecule has 32 heavy (non-hydrogen) atoms. The lowest BCUT2D eigenvalue weighted by molar-refractivity contribution is -0.142. The maximum absolute atomic E-state index is 13.0. The van der Waals surface area contributed by atoms with E-state index in [2.05, 4.69) is 46.7 Å². The quantitative estimate of drug-likeness (QED) is 0.298. The summed E-state index contributed by atoms with van der Waals surface area (Å²) < 4.78 is 18.5. The van der Waals surface area contributed by atoms with Crippen LogP contribution in [0.4, 0.5) is 0 Å². The first-order valence-corrected chi connectivity index (χ1v) is 11.4. The van der Waals surface area contributed by atoms with Crippen LogP contribution in [0.5, 0.6) is 11.5 Å². The van der Waals surface area contributed by atoms with Gasteiger partial charge in [-0.05, 0) is 58.7 Å². The molecule has 0 saturated heterocycles. The average molecular weight is 567 g/mol. The molecule has 0 aliphatic carbocycles. The van der Waals surface area contributed by atoms with Crippen molar-refractivity contribution in [3.05, 3.63) is 61.0 Å². The van der Waals surface area contributed by atoms with Gasteiger partial charge in [0, 0.05) is 10.9 Å². The Labute approximate surface area is 201 Å². The smallest absolute Gasteiger partial charge is 0.343 e. The lowest BCUT2D eigenvalue weighted by atomic mass is 10.2. The molecule has 0 bridgehead atoms. The Hall–Kier alpha value is -2.72. The number of nitrogens with zero attached hydrogens (tertiary/aromatic N) is 3. The van der Waals surface area contributed by atoms with E-state index in [0.717, 1.165) is 4.47 Å².